The fraction of sp³-hybridized carbons (Fsp3) is 0. The van der Waals surface area contributed by atoms with E-state index in [4.69, 9.17) is 17.3 Å². The number of benzene rings is 1. The van der Waals surface area contributed by atoms with Crippen LogP contribution in [0.3, 0.4) is 0 Å². The number of pyridine rings is 1. The zero-order chi connectivity index (χ0) is 15.8. The topological polar surface area (TPSA) is 85.1 Å². The fourth-order valence-corrected chi connectivity index (χ4v) is 3.34. The van der Waals surface area contributed by atoms with Crippen LogP contribution < -0.4 is 10.5 Å². The average molecular weight is 399 g/mol. The van der Waals surface area contributed by atoms with Gasteiger partial charge in [0.2, 0.25) is 0 Å². The summed E-state index contributed by atoms with van der Waals surface area (Å²) in [6.45, 7) is 0. The largest absolute Gasteiger partial charge is 0.382 e. The highest BCUT2D eigenvalue weighted by Gasteiger charge is 2.20. The van der Waals surface area contributed by atoms with Gasteiger partial charge < -0.3 is 5.73 Å². The van der Waals surface area contributed by atoms with E-state index in [-0.39, 0.29) is 20.2 Å². The van der Waals surface area contributed by atoms with E-state index in [2.05, 4.69) is 20.9 Å². The van der Waals surface area contributed by atoms with E-state index in [0.717, 1.165) is 18.3 Å². The van der Waals surface area contributed by atoms with Gasteiger partial charge in [0.1, 0.15) is 16.5 Å². The summed E-state index contributed by atoms with van der Waals surface area (Å²) in [4.78, 5) is 3.30. The maximum absolute atomic E-state index is 13.6. The predicted octanol–water partition coefficient (Wildman–Crippen LogP) is 3.16. The molecule has 1 heterocycles. The van der Waals surface area contributed by atoms with Crippen molar-refractivity contribution >= 4 is 49.1 Å². The minimum atomic E-state index is -4.16. The summed E-state index contributed by atoms with van der Waals surface area (Å²) in [5.41, 5.74) is 4.96. The molecular formula is C11H7BrClF2N3O2S. The first-order chi connectivity index (χ1) is 9.70. The Kier molecular flexibility index (Phi) is 4.35. The van der Waals surface area contributed by atoms with Gasteiger partial charge in [-0.2, -0.15) is 0 Å². The second-order valence-corrected chi connectivity index (χ2v) is 6.83. The molecule has 112 valence electrons. The van der Waals surface area contributed by atoms with E-state index < -0.39 is 27.3 Å². The number of hydrogen-bond acceptors (Lipinski definition) is 4. The number of sulfonamides is 1. The summed E-state index contributed by atoms with van der Waals surface area (Å²) in [6, 6.07) is 2.55. The van der Waals surface area contributed by atoms with E-state index in [1.165, 1.54) is 0 Å². The van der Waals surface area contributed by atoms with Gasteiger partial charge in [0.15, 0.2) is 5.82 Å². The SMILES string of the molecule is Nc1ncc(S(=O)(=O)Nc2c(F)cc(F)cc2Br)cc1Cl. The summed E-state index contributed by atoms with van der Waals surface area (Å²) in [5.74, 6) is -1.95. The smallest absolute Gasteiger partial charge is 0.263 e. The second-order valence-electron chi connectivity index (χ2n) is 3.89. The van der Waals surface area contributed by atoms with Gasteiger partial charge in [-0.1, -0.05) is 11.6 Å². The van der Waals surface area contributed by atoms with E-state index in [1.54, 1.807) is 0 Å². The maximum atomic E-state index is 13.6. The first-order valence-electron chi connectivity index (χ1n) is 5.29. The van der Waals surface area contributed by atoms with Crippen molar-refractivity contribution < 1.29 is 17.2 Å². The van der Waals surface area contributed by atoms with Crippen LogP contribution in [0.25, 0.3) is 0 Å². The van der Waals surface area contributed by atoms with Gasteiger partial charge in [0, 0.05) is 16.7 Å². The highest BCUT2D eigenvalue weighted by atomic mass is 79.9. The van der Waals surface area contributed by atoms with Crippen LogP contribution in [0.4, 0.5) is 20.3 Å². The maximum Gasteiger partial charge on any atom is 0.263 e. The molecular weight excluding hydrogens is 392 g/mol. The van der Waals surface area contributed by atoms with Gasteiger partial charge in [-0.05, 0) is 28.1 Å². The number of anilines is 2. The summed E-state index contributed by atoms with van der Waals surface area (Å²) in [7, 11) is -4.16. The number of nitrogens with zero attached hydrogens (tertiary/aromatic N) is 1. The summed E-state index contributed by atoms with van der Waals surface area (Å²) < 4.78 is 52.8. The van der Waals surface area contributed by atoms with Gasteiger partial charge >= 0.3 is 0 Å². The third-order valence-electron chi connectivity index (χ3n) is 2.40. The number of nitrogens with two attached hydrogens (primary N) is 1. The summed E-state index contributed by atoms with van der Waals surface area (Å²) in [6.07, 6.45) is 0.971. The van der Waals surface area contributed by atoms with Crippen molar-refractivity contribution in [1.29, 1.82) is 0 Å². The van der Waals surface area contributed by atoms with Gasteiger partial charge in [0.05, 0.1) is 10.7 Å². The van der Waals surface area contributed by atoms with Crippen molar-refractivity contribution in [1.82, 2.24) is 4.98 Å². The molecule has 0 saturated carbocycles. The molecule has 0 atom stereocenters. The standard InChI is InChI=1S/C11H7BrClF2N3O2S/c12-7-1-5(14)2-9(15)10(7)18-21(19,20)6-3-8(13)11(16)17-4-6/h1-4,18H,(H2,16,17). The molecule has 0 aliphatic carbocycles. The lowest BCUT2D eigenvalue weighted by Crippen LogP contribution is -2.15. The Morgan fingerprint density at radius 3 is 2.52 bits per heavy atom. The summed E-state index contributed by atoms with van der Waals surface area (Å²) in [5, 5.41) is -0.0588. The molecule has 0 spiro atoms. The zero-order valence-corrected chi connectivity index (χ0v) is 13.2. The molecule has 0 saturated heterocycles. The molecule has 2 aromatic rings. The molecule has 5 nitrogen and oxygen atoms in total. The normalized spacial score (nSPS) is 11.4. The Morgan fingerprint density at radius 1 is 1.29 bits per heavy atom. The molecule has 0 fully saturated rings. The van der Waals surface area contributed by atoms with Crippen molar-refractivity contribution in [2.24, 2.45) is 0 Å². The lowest BCUT2D eigenvalue weighted by molar-refractivity contribution is 0.581. The zero-order valence-electron chi connectivity index (χ0n) is 10.1. The number of aromatic nitrogens is 1. The van der Waals surface area contributed by atoms with E-state index in [9.17, 15) is 17.2 Å². The molecule has 0 bridgehead atoms. The predicted molar refractivity (Wildman–Crippen MR) is 78.5 cm³/mol. The molecule has 1 aromatic carbocycles. The lowest BCUT2D eigenvalue weighted by Gasteiger charge is -2.11. The van der Waals surface area contributed by atoms with Crippen molar-refractivity contribution in [3.8, 4) is 0 Å². The quantitative estimate of drug-likeness (QED) is 0.832. The Labute approximate surface area is 132 Å². The molecule has 0 radical (unpaired) electrons. The molecule has 10 heteroatoms. The Hall–Kier alpha value is -1.45. The van der Waals surface area contributed by atoms with Crippen LogP contribution in [0.1, 0.15) is 0 Å². The Bertz CT molecular complexity index is 794. The molecule has 2 rings (SSSR count). The fourth-order valence-electron chi connectivity index (χ4n) is 1.41. The van der Waals surface area contributed by atoms with Crippen LogP contribution in [0.5, 0.6) is 0 Å². The molecule has 3 N–H and O–H groups in total. The lowest BCUT2D eigenvalue weighted by atomic mass is 10.3. The second kappa shape index (κ2) is 5.74. The molecule has 0 aliphatic heterocycles. The number of nitrogen functional groups attached to an aromatic ring is 1. The highest BCUT2D eigenvalue weighted by molar-refractivity contribution is 9.10. The van der Waals surface area contributed by atoms with Crippen LogP contribution in [0.2, 0.25) is 5.02 Å². The molecule has 0 amide bonds. The Morgan fingerprint density at radius 2 is 1.95 bits per heavy atom. The monoisotopic (exact) mass is 397 g/mol. The van der Waals surface area contributed by atoms with Crippen LogP contribution in [-0.4, -0.2) is 13.4 Å². The molecule has 21 heavy (non-hydrogen) atoms. The molecule has 1 aromatic heterocycles. The minimum absolute atomic E-state index is 0.0373. The van der Waals surface area contributed by atoms with Crippen LogP contribution in [0, 0.1) is 11.6 Å². The molecule has 0 aliphatic rings. The van der Waals surface area contributed by atoms with E-state index in [0.29, 0.717) is 6.07 Å². The van der Waals surface area contributed by atoms with Gasteiger partial charge in [-0.15, -0.1) is 0 Å². The summed E-state index contributed by atoms with van der Waals surface area (Å²) >= 11 is 8.57. The van der Waals surface area contributed by atoms with E-state index >= 15 is 0 Å². The molecule has 0 unspecified atom stereocenters. The van der Waals surface area contributed by atoms with Gasteiger partial charge in [-0.25, -0.2) is 22.2 Å². The van der Waals surface area contributed by atoms with Crippen molar-refractivity contribution in [3.63, 3.8) is 0 Å². The van der Waals surface area contributed by atoms with Crippen molar-refractivity contribution in [3.05, 3.63) is 45.5 Å². The first-order valence-corrected chi connectivity index (χ1v) is 7.94. The van der Waals surface area contributed by atoms with Crippen molar-refractivity contribution in [2.45, 2.75) is 4.90 Å². The van der Waals surface area contributed by atoms with Crippen molar-refractivity contribution in [2.75, 3.05) is 10.5 Å². The van der Waals surface area contributed by atoms with Crippen LogP contribution in [-0.2, 0) is 10.0 Å². The average Bonchev–Trinajstić information content (AvgIpc) is 2.37. The van der Waals surface area contributed by atoms with Crippen LogP contribution >= 0.6 is 27.5 Å². The third kappa shape index (κ3) is 3.42. The van der Waals surface area contributed by atoms with Gasteiger partial charge in [-0.3, -0.25) is 4.72 Å². The Balaban J connectivity index is 2.44. The number of halogens is 4. The number of rotatable bonds is 3. The van der Waals surface area contributed by atoms with Crippen LogP contribution in [0.15, 0.2) is 33.8 Å². The minimum Gasteiger partial charge on any atom is -0.382 e. The number of nitrogens with one attached hydrogen (secondary N) is 1. The van der Waals surface area contributed by atoms with Gasteiger partial charge in [0.25, 0.3) is 10.0 Å². The highest BCUT2D eigenvalue weighted by Crippen LogP contribution is 2.29. The third-order valence-corrected chi connectivity index (χ3v) is 4.64. The van der Waals surface area contributed by atoms with E-state index in [1.807, 2.05) is 4.72 Å². The number of hydrogen-bond donors (Lipinski definition) is 2. The first kappa shape index (κ1) is 15.9.